The van der Waals surface area contributed by atoms with Crippen LogP contribution in [-0.2, 0) is 20.8 Å². The third kappa shape index (κ3) is 4.55. The number of aromatic nitrogens is 1. The van der Waals surface area contributed by atoms with Crippen LogP contribution in [0.1, 0.15) is 44.1 Å². The second-order valence-corrected chi connectivity index (χ2v) is 8.63. The number of fused-ring (bicyclic) bond motifs is 1. The maximum atomic E-state index is 13.6. The van der Waals surface area contributed by atoms with E-state index in [4.69, 9.17) is 11.5 Å². The molecule has 7 N–H and O–H groups in total. The maximum absolute atomic E-state index is 13.6. The molecule has 1 amide bonds. The molecule has 3 rings (SSSR count). The van der Waals surface area contributed by atoms with Crippen molar-refractivity contribution in [2.24, 2.45) is 11.5 Å². The lowest BCUT2D eigenvalue weighted by atomic mass is 9.97. The van der Waals surface area contributed by atoms with Crippen molar-refractivity contribution in [1.82, 2.24) is 4.98 Å². The van der Waals surface area contributed by atoms with E-state index in [-0.39, 0.29) is 19.4 Å². The Kier molecular flexibility index (Phi) is 7.65. The first-order valence-electron chi connectivity index (χ1n) is 11.2. The Morgan fingerprint density at radius 1 is 1.16 bits per heavy atom. The minimum atomic E-state index is -1.18. The molecule has 1 aromatic heterocycles. The fourth-order valence-corrected chi connectivity index (χ4v) is 5.17. The minimum absolute atomic E-state index is 0.141. The Bertz CT molecular complexity index is 974. The summed E-state index contributed by atoms with van der Waals surface area (Å²) >= 11 is 0. The highest BCUT2D eigenvalue weighted by Gasteiger charge is 2.59. The van der Waals surface area contributed by atoms with E-state index in [0.29, 0.717) is 38.6 Å². The Balaban J connectivity index is 1.92. The summed E-state index contributed by atoms with van der Waals surface area (Å²) in [4.78, 5) is 41.3. The molecule has 1 aliphatic rings. The van der Waals surface area contributed by atoms with Crippen molar-refractivity contribution in [2.45, 2.75) is 63.1 Å². The fourth-order valence-electron chi connectivity index (χ4n) is 5.17. The van der Waals surface area contributed by atoms with Crippen molar-refractivity contribution in [3.8, 4) is 0 Å². The summed E-state index contributed by atoms with van der Waals surface area (Å²) in [6.07, 6.45) is 4.80. The fraction of sp³-hybridized carbons (Fsp3) is 0.522. The molecule has 0 aliphatic carbocycles. The highest BCUT2D eigenvalue weighted by atomic mass is 16.4. The largest absolute Gasteiger partial charge is 0.477 e. The Morgan fingerprint density at radius 2 is 1.91 bits per heavy atom. The molecule has 0 radical (unpaired) electrons. The molecule has 2 aromatic rings. The van der Waals surface area contributed by atoms with E-state index in [1.807, 2.05) is 30.5 Å². The van der Waals surface area contributed by atoms with Gasteiger partial charge in [-0.15, -0.1) is 0 Å². The Morgan fingerprint density at radius 3 is 2.59 bits per heavy atom. The van der Waals surface area contributed by atoms with E-state index in [1.54, 1.807) is 0 Å². The number of amides is 1. The van der Waals surface area contributed by atoms with Gasteiger partial charge in [0.05, 0.1) is 6.54 Å². The van der Waals surface area contributed by atoms with Crippen LogP contribution in [0.15, 0.2) is 30.5 Å². The number of para-hydroxylation sites is 1. The number of H-pyrrole nitrogens is 1. The molecule has 9 nitrogen and oxygen atoms in total. The highest BCUT2D eigenvalue weighted by Crippen LogP contribution is 2.35. The number of unbranched alkanes of at least 4 members (excludes halogenated alkanes) is 1. The van der Waals surface area contributed by atoms with Gasteiger partial charge in [0.25, 0.3) is 0 Å². The number of carbonyl (C=O) groups excluding carboxylic acids is 1. The molecule has 1 aliphatic heterocycles. The predicted octanol–water partition coefficient (Wildman–Crippen LogP) is 1.60. The Labute approximate surface area is 187 Å². The van der Waals surface area contributed by atoms with E-state index in [9.17, 15) is 24.6 Å². The van der Waals surface area contributed by atoms with Crippen LogP contribution in [0.3, 0.4) is 0 Å². The van der Waals surface area contributed by atoms with Gasteiger partial charge in [-0.2, -0.15) is 0 Å². The lowest BCUT2D eigenvalue weighted by Gasteiger charge is -2.41. The van der Waals surface area contributed by atoms with Crippen LogP contribution in [0.25, 0.3) is 10.9 Å². The second kappa shape index (κ2) is 10.2. The lowest BCUT2D eigenvalue weighted by Crippen LogP contribution is -2.69. The molecule has 1 aromatic carbocycles. The van der Waals surface area contributed by atoms with Gasteiger partial charge in [-0.3, -0.25) is 0 Å². The number of nitrogens with zero attached hydrogens (tertiary/aromatic N) is 1. The monoisotopic (exact) mass is 445 g/mol. The van der Waals surface area contributed by atoms with Crippen molar-refractivity contribution in [1.29, 1.82) is 0 Å². The number of hydrogen-bond donors (Lipinski definition) is 5. The van der Waals surface area contributed by atoms with Crippen molar-refractivity contribution >= 4 is 28.7 Å². The molecule has 1 saturated heterocycles. The normalized spacial score (nSPS) is 22.6. The number of hydrogen-bond acceptors (Lipinski definition) is 5. The second-order valence-electron chi connectivity index (χ2n) is 8.63. The predicted molar refractivity (Wildman–Crippen MR) is 120 cm³/mol. The first-order chi connectivity index (χ1) is 15.3. The zero-order chi connectivity index (χ0) is 23.3. The molecular weight excluding hydrogens is 412 g/mol. The van der Waals surface area contributed by atoms with Gasteiger partial charge in [-0.05, 0) is 43.9 Å². The summed E-state index contributed by atoms with van der Waals surface area (Å²) in [7, 11) is 0. The van der Waals surface area contributed by atoms with Crippen molar-refractivity contribution < 1.29 is 29.1 Å². The van der Waals surface area contributed by atoms with Gasteiger partial charge in [0.15, 0.2) is 12.1 Å². The number of carboxylic acid groups (broad SMARTS) is 2. The smallest absolute Gasteiger partial charge is 0.363 e. The average Bonchev–Trinajstić information content (AvgIpc) is 3.39. The first-order valence-corrected chi connectivity index (χ1v) is 11.2. The molecule has 2 heterocycles. The van der Waals surface area contributed by atoms with Crippen LogP contribution in [0.4, 0.5) is 0 Å². The third-order valence-electron chi connectivity index (χ3n) is 6.75. The van der Waals surface area contributed by atoms with Crippen LogP contribution in [0.2, 0.25) is 0 Å². The van der Waals surface area contributed by atoms with Crippen LogP contribution in [0.5, 0.6) is 0 Å². The van der Waals surface area contributed by atoms with E-state index >= 15 is 0 Å². The first kappa shape index (κ1) is 23.9. The summed E-state index contributed by atoms with van der Waals surface area (Å²) in [6.45, 7) is 0.645. The van der Waals surface area contributed by atoms with Crippen LogP contribution in [-0.4, -0.2) is 68.7 Å². The number of quaternary nitrogens is 1. The maximum Gasteiger partial charge on any atom is 0.363 e. The van der Waals surface area contributed by atoms with Crippen molar-refractivity contribution in [3.05, 3.63) is 36.0 Å². The minimum Gasteiger partial charge on any atom is -0.477 e. The SMILES string of the molecule is NCCCC[C@H](N)C(=O)[N+]1([C@@H](CCc2c[nH]c3ccccc23)C(=O)O)CCC[C@H]1C(=O)O. The zero-order valence-electron chi connectivity index (χ0n) is 18.2. The van der Waals surface area contributed by atoms with E-state index in [1.165, 1.54) is 0 Å². The van der Waals surface area contributed by atoms with Gasteiger partial charge < -0.3 is 26.7 Å². The lowest BCUT2D eigenvalue weighted by molar-refractivity contribution is -0.875. The van der Waals surface area contributed by atoms with Gasteiger partial charge in [-0.25, -0.2) is 18.9 Å². The molecule has 4 atom stereocenters. The molecule has 9 heteroatoms. The van der Waals surface area contributed by atoms with Gasteiger partial charge in [0.2, 0.25) is 0 Å². The standard InChI is InChI=1S/C23H32N4O5/c24-12-4-3-7-17(25)21(28)27(13-5-9-19(27)22(29)30)20(23(31)32)11-10-15-14-26-18-8-2-1-6-16(15)18/h1-2,6,8,14,17,19-20,26H,3-5,7,9-13,24-25H2,(H-,29,30,31,32)/p+1/t17-,19-,20-,27?/m0/s1. The molecule has 1 fully saturated rings. The van der Waals surface area contributed by atoms with Gasteiger partial charge in [0, 0.05) is 36.4 Å². The summed E-state index contributed by atoms with van der Waals surface area (Å²) in [6, 6.07) is 4.51. The number of aliphatic carboxylic acids is 2. The number of rotatable bonds is 11. The molecule has 0 spiro atoms. The van der Waals surface area contributed by atoms with E-state index in [2.05, 4.69) is 4.98 Å². The average molecular weight is 446 g/mol. The molecule has 32 heavy (non-hydrogen) atoms. The number of benzene rings is 1. The zero-order valence-corrected chi connectivity index (χ0v) is 18.2. The number of nitrogens with two attached hydrogens (primary N) is 2. The van der Waals surface area contributed by atoms with Crippen LogP contribution < -0.4 is 11.5 Å². The molecule has 0 saturated carbocycles. The number of likely N-dealkylation sites (tertiary alicyclic amines) is 1. The molecule has 174 valence electrons. The van der Waals surface area contributed by atoms with Crippen LogP contribution >= 0.6 is 0 Å². The topological polar surface area (TPSA) is 160 Å². The number of aryl methyl sites for hydroxylation is 1. The highest BCUT2D eigenvalue weighted by molar-refractivity contribution is 5.85. The third-order valence-corrected chi connectivity index (χ3v) is 6.75. The number of aromatic amines is 1. The molecule has 1 unspecified atom stereocenters. The van der Waals surface area contributed by atoms with E-state index < -0.39 is 40.5 Å². The summed E-state index contributed by atoms with van der Waals surface area (Å²) in [5, 5.41) is 21.0. The number of carboxylic acids is 2. The van der Waals surface area contributed by atoms with E-state index in [0.717, 1.165) is 16.5 Å². The summed E-state index contributed by atoms with van der Waals surface area (Å²) < 4.78 is -0.614. The number of carbonyl (C=O) groups is 3. The summed E-state index contributed by atoms with van der Waals surface area (Å²) in [5.41, 5.74) is 13.6. The molecular formula is C23H33N4O5+. The van der Waals surface area contributed by atoms with Gasteiger partial charge in [0.1, 0.15) is 6.04 Å². The molecule has 0 bridgehead atoms. The van der Waals surface area contributed by atoms with Gasteiger partial charge >= 0.3 is 17.8 Å². The van der Waals surface area contributed by atoms with Crippen LogP contribution in [0, 0.1) is 0 Å². The van der Waals surface area contributed by atoms with Crippen molar-refractivity contribution in [3.63, 3.8) is 0 Å². The quantitative estimate of drug-likeness (QED) is 0.259. The van der Waals surface area contributed by atoms with Gasteiger partial charge in [-0.1, -0.05) is 18.2 Å². The summed E-state index contributed by atoms with van der Waals surface area (Å²) in [5.74, 6) is -2.80. The Hall–Kier alpha value is -2.75. The van der Waals surface area contributed by atoms with Crippen molar-refractivity contribution in [2.75, 3.05) is 13.1 Å². The number of nitrogens with one attached hydrogen (secondary N) is 1.